The number of carbonyl (C=O) groups is 1. The number of phenolic OH excluding ortho intramolecular Hbond substituents is 1. The van der Waals surface area contributed by atoms with E-state index in [1.54, 1.807) is 29.9 Å². The zero-order valence-corrected chi connectivity index (χ0v) is 20.2. The molecule has 0 radical (unpaired) electrons. The number of pyridine rings is 1. The molecule has 4 N–H and O–H groups in total. The molecule has 0 saturated heterocycles. The van der Waals surface area contributed by atoms with Crippen LogP contribution in [0, 0.1) is 5.82 Å². The second-order valence-electron chi connectivity index (χ2n) is 7.73. The highest BCUT2D eigenvalue weighted by Crippen LogP contribution is 2.29. The number of nitrogens with one attached hydrogen (secondary N) is 2. The maximum atomic E-state index is 13.7. The third kappa shape index (κ3) is 6.09. The number of aromatic nitrogens is 4. The molecule has 188 valence electrons. The van der Waals surface area contributed by atoms with Crippen molar-refractivity contribution in [3.8, 4) is 16.3 Å². The number of rotatable bonds is 10. The van der Waals surface area contributed by atoms with Crippen molar-refractivity contribution in [2.75, 3.05) is 0 Å². The Bertz CT molecular complexity index is 1460. The molecule has 0 aliphatic carbocycles. The molecular formula is C22H21FN6O5S2. The predicted molar refractivity (Wildman–Crippen MR) is 127 cm³/mol. The molecule has 0 unspecified atom stereocenters. The van der Waals surface area contributed by atoms with Gasteiger partial charge in [0.1, 0.15) is 4.21 Å². The summed E-state index contributed by atoms with van der Waals surface area (Å²) in [5, 5.41) is 26.3. The number of hydrogen-bond acceptors (Lipinski definition) is 9. The summed E-state index contributed by atoms with van der Waals surface area (Å²) in [6, 6.07) is 11.7. The Morgan fingerprint density at radius 3 is 2.75 bits per heavy atom. The fourth-order valence-corrected chi connectivity index (χ4v) is 5.72. The van der Waals surface area contributed by atoms with E-state index in [0.29, 0.717) is 16.1 Å². The molecule has 4 rings (SSSR count). The first-order valence-corrected chi connectivity index (χ1v) is 12.9. The quantitative estimate of drug-likeness (QED) is 0.179. The Kier molecular flexibility index (Phi) is 7.69. The van der Waals surface area contributed by atoms with Crippen LogP contribution in [0.4, 0.5) is 4.39 Å². The smallest absolute Gasteiger partial charge is 0.250 e. The summed E-state index contributed by atoms with van der Waals surface area (Å²) in [5.41, 5.74) is 2.97. The minimum atomic E-state index is -3.84. The van der Waals surface area contributed by atoms with Crippen molar-refractivity contribution >= 4 is 27.3 Å². The van der Waals surface area contributed by atoms with Gasteiger partial charge in [-0.15, -0.1) is 16.4 Å². The number of phenols is 1. The molecule has 1 atom stereocenters. The molecule has 3 aromatic heterocycles. The summed E-state index contributed by atoms with van der Waals surface area (Å²) in [6.07, 6.45) is 3.01. The van der Waals surface area contributed by atoms with Crippen LogP contribution in [0.2, 0.25) is 0 Å². The highest BCUT2D eigenvalue weighted by atomic mass is 32.2. The van der Waals surface area contributed by atoms with Gasteiger partial charge in [-0.05, 0) is 48.4 Å². The van der Waals surface area contributed by atoms with E-state index in [4.69, 9.17) is 5.21 Å². The highest BCUT2D eigenvalue weighted by molar-refractivity contribution is 7.91. The minimum Gasteiger partial charge on any atom is -0.505 e. The summed E-state index contributed by atoms with van der Waals surface area (Å²) in [4.78, 5) is 16.7. The lowest BCUT2D eigenvalue weighted by molar-refractivity contribution is -0.130. The number of benzene rings is 1. The molecule has 4 aromatic rings. The molecule has 1 amide bonds. The topological polar surface area (TPSA) is 159 Å². The number of hydrogen-bond donors (Lipinski definition) is 4. The van der Waals surface area contributed by atoms with Gasteiger partial charge in [0, 0.05) is 6.20 Å². The van der Waals surface area contributed by atoms with Gasteiger partial charge in [-0.3, -0.25) is 15.0 Å². The van der Waals surface area contributed by atoms with E-state index < -0.39 is 33.5 Å². The Hall–Kier alpha value is -3.72. The number of sulfonamides is 1. The van der Waals surface area contributed by atoms with Gasteiger partial charge < -0.3 is 5.11 Å². The lowest BCUT2D eigenvalue weighted by Crippen LogP contribution is -2.25. The zero-order valence-electron chi connectivity index (χ0n) is 18.6. The van der Waals surface area contributed by atoms with Crippen molar-refractivity contribution in [2.45, 2.75) is 29.6 Å². The first-order valence-electron chi connectivity index (χ1n) is 10.6. The van der Waals surface area contributed by atoms with Gasteiger partial charge in [-0.25, -0.2) is 27.7 Å². The molecule has 0 aliphatic rings. The van der Waals surface area contributed by atoms with Crippen LogP contribution in [-0.2, 0) is 27.8 Å². The summed E-state index contributed by atoms with van der Waals surface area (Å²) in [7, 11) is -3.84. The average Bonchev–Trinajstić information content (AvgIpc) is 3.56. The lowest BCUT2D eigenvalue weighted by atomic mass is 10.0. The Morgan fingerprint density at radius 1 is 1.19 bits per heavy atom. The summed E-state index contributed by atoms with van der Waals surface area (Å²) in [5.74, 6) is -2.01. The van der Waals surface area contributed by atoms with Crippen LogP contribution in [0.3, 0.4) is 0 Å². The molecule has 36 heavy (non-hydrogen) atoms. The third-order valence-corrected chi connectivity index (χ3v) is 8.17. The van der Waals surface area contributed by atoms with Gasteiger partial charge >= 0.3 is 0 Å². The first-order chi connectivity index (χ1) is 17.2. The largest absolute Gasteiger partial charge is 0.505 e. The number of hydroxylamine groups is 1. The van der Waals surface area contributed by atoms with E-state index in [1.165, 1.54) is 29.1 Å². The van der Waals surface area contributed by atoms with E-state index in [0.717, 1.165) is 17.4 Å². The van der Waals surface area contributed by atoms with E-state index in [-0.39, 0.29) is 29.3 Å². The van der Waals surface area contributed by atoms with Crippen molar-refractivity contribution in [2.24, 2.45) is 0 Å². The number of thiophene rings is 1. The molecule has 0 saturated carbocycles. The van der Waals surface area contributed by atoms with Gasteiger partial charge in [0.15, 0.2) is 11.6 Å². The maximum absolute atomic E-state index is 13.7. The van der Waals surface area contributed by atoms with Crippen molar-refractivity contribution in [3.63, 3.8) is 0 Å². The molecule has 0 spiro atoms. The number of carbonyl (C=O) groups excluding carboxylic acids is 1. The average molecular weight is 533 g/mol. The van der Waals surface area contributed by atoms with Crippen molar-refractivity contribution in [3.05, 3.63) is 78.0 Å². The van der Waals surface area contributed by atoms with Gasteiger partial charge in [0.25, 0.3) is 0 Å². The van der Waals surface area contributed by atoms with Crippen LogP contribution >= 0.6 is 11.3 Å². The van der Waals surface area contributed by atoms with Crippen molar-refractivity contribution < 1.29 is 27.9 Å². The molecular weight excluding hydrogens is 511 g/mol. The summed E-state index contributed by atoms with van der Waals surface area (Å²) < 4.78 is 43.2. The third-order valence-electron chi connectivity index (χ3n) is 5.17. The normalized spacial score (nSPS) is 12.4. The lowest BCUT2D eigenvalue weighted by Gasteiger charge is -2.16. The second kappa shape index (κ2) is 10.9. The van der Waals surface area contributed by atoms with E-state index in [2.05, 4.69) is 20.0 Å². The van der Waals surface area contributed by atoms with E-state index >= 15 is 0 Å². The first kappa shape index (κ1) is 25.4. The summed E-state index contributed by atoms with van der Waals surface area (Å²) in [6.45, 7) is -0.161. The van der Waals surface area contributed by atoms with Gasteiger partial charge in [0.2, 0.25) is 15.9 Å². The number of amides is 1. The molecule has 0 aliphatic heterocycles. The molecule has 0 bridgehead atoms. The highest BCUT2D eigenvalue weighted by Gasteiger charge is 2.21. The minimum absolute atomic E-state index is 0.113. The molecule has 0 fully saturated rings. The van der Waals surface area contributed by atoms with Crippen LogP contribution in [-0.4, -0.2) is 44.6 Å². The number of nitrogens with zero attached hydrogens (tertiary/aromatic N) is 4. The van der Waals surface area contributed by atoms with Crippen LogP contribution < -0.4 is 10.2 Å². The maximum Gasteiger partial charge on any atom is 0.250 e. The Morgan fingerprint density at radius 2 is 2.03 bits per heavy atom. The van der Waals surface area contributed by atoms with Crippen LogP contribution in [0.5, 0.6) is 5.75 Å². The van der Waals surface area contributed by atoms with Gasteiger partial charge in [-0.2, -0.15) is 0 Å². The fourth-order valence-electron chi connectivity index (χ4n) is 3.39. The predicted octanol–water partition coefficient (Wildman–Crippen LogP) is 2.40. The fraction of sp³-hybridized carbons (Fsp3) is 0.182. The Labute approximate surface area is 209 Å². The van der Waals surface area contributed by atoms with Crippen molar-refractivity contribution in [1.29, 1.82) is 0 Å². The second-order valence-corrected chi connectivity index (χ2v) is 10.8. The SMILES string of the molecule is O=C(C[C@H](Cc1ccc(O)c(F)c1)n1cc(CNS(=O)(=O)c2ccc(-c3ccccn3)s2)nn1)NO. The van der Waals surface area contributed by atoms with Gasteiger partial charge in [0.05, 0.1) is 41.5 Å². The van der Waals surface area contributed by atoms with E-state index in [1.807, 2.05) is 6.07 Å². The molecule has 1 aromatic carbocycles. The molecule has 3 heterocycles. The standard InChI is InChI=1S/C22H21FN6O5S2/c23-17-10-14(4-5-19(17)30)9-16(11-21(31)27-32)29-13-15(26-28-29)12-25-36(33,34)22-7-6-20(35-22)18-3-1-2-8-24-18/h1-8,10,13,16,25,30,32H,9,11-12H2,(H,27,31)/t16-/m0/s1. The molecule has 14 heteroatoms. The van der Waals surface area contributed by atoms with Crippen LogP contribution in [0.15, 0.2) is 65.1 Å². The monoisotopic (exact) mass is 532 g/mol. The van der Waals surface area contributed by atoms with Gasteiger partial charge in [-0.1, -0.05) is 17.3 Å². The van der Waals surface area contributed by atoms with Crippen LogP contribution in [0.25, 0.3) is 10.6 Å². The number of halogens is 1. The zero-order chi connectivity index (χ0) is 25.7. The van der Waals surface area contributed by atoms with Crippen LogP contribution in [0.1, 0.15) is 23.7 Å². The molecule has 11 nitrogen and oxygen atoms in total. The summed E-state index contributed by atoms with van der Waals surface area (Å²) >= 11 is 1.08. The Balaban J connectivity index is 1.46. The van der Waals surface area contributed by atoms with E-state index in [9.17, 15) is 22.7 Å². The number of aromatic hydroxyl groups is 1. The van der Waals surface area contributed by atoms with Crippen molar-refractivity contribution in [1.82, 2.24) is 30.2 Å².